The van der Waals surface area contributed by atoms with E-state index in [-0.39, 0.29) is 0 Å². The molecule has 1 aromatic heterocycles. The molecule has 1 fully saturated rings. The van der Waals surface area contributed by atoms with Gasteiger partial charge in [0.1, 0.15) is 5.82 Å². The first-order valence-corrected chi connectivity index (χ1v) is 7.50. The van der Waals surface area contributed by atoms with Gasteiger partial charge in [0.25, 0.3) is 0 Å². The molecule has 1 saturated carbocycles. The van der Waals surface area contributed by atoms with Crippen molar-refractivity contribution in [1.29, 1.82) is 0 Å². The van der Waals surface area contributed by atoms with Crippen LogP contribution in [0.1, 0.15) is 43.7 Å². The van der Waals surface area contributed by atoms with Crippen molar-refractivity contribution < 1.29 is 0 Å². The number of nitrogens with zero attached hydrogens (tertiary/aromatic N) is 2. The molecule has 0 saturated heterocycles. The average Bonchev–Trinajstić information content (AvgIpc) is 2.38. The third kappa shape index (κ3) is 3.47. The van der Waals surface area contributed by atoms with Crippen LogP contribution in [0.2, 0.25) is 0 Å². The predicted molar refractivity (Wildman–Crippen MR) is 81.6 cm³/mol. The highest BCUT2D eigenvalue weighted by Crippen LogP contribution is 2.30. The second kappa shape index (κ2) is 6.38. The van der Waals surface area contributed by atoms with Crippen LogP contribution in [0.25, 0.3) is 0 Å². The third-order valence-electron chi connectivity index (χ3n) is 4.33. The Balaban J connectivity index is 2.12. The topological polar surface area (TPSA) is 42.1 Å². The zero-order chi connectivity index (χ0) is 13.8. The molecule has 3 heteroatoms. The molecule has 2 atom stereocenters. The van der Waals surface area contributed by atoms with E-state index in [9.17, 15) is 0 Å². The van der Waals surface area contributed by atoms with Crippen LogP contribution in [0.5, 0.6) is 0 Å². The Morgan fingerprint density at radius 3 is 2.84 bits per heavy atom. The lowest BCUT2D eigenvalue weighted by Crippen LogP contribution is -2.36. The molecule has 0 spiro atoms. The number of nitrogens with two attached hydrogens (primary N) is 1. The standard InChI is InChI=1S/C16H27N3/c1-12-5-4-6-15(9-12)19(3)16-13(2)10-14(7-8-17)11-18-16/h10-12,15H,4-9,17H2,1-3H3. The summed E-state index contributed by atoms with van der Waals surface area (Å²) in [6.45, 7) is 5.21. The van der Waals surface area contributed by atoms with Crippen molar-refractivity contribution >= 4 is 5.82 Å². The van der Waals surface area contributed by atoms with Crippen molar-refractivity contribution in [3.05, 3.63) is 23.4 Å². The van der Waals surface area contributed by atoms with Gasteiger partial charge in [-0.25, -0.2) is 4.98 Å². The molecule has 2 N–H and O–H groups in total. The number of anilines is 1. The molecule has 2 rings (SSSR count). The second-order valence-corrected chi connectivity index (χ2v) is 6.06. The van der Waals surface area contributed by atoms with Gasteiger partial charge in [0.2, 0.25) is 0 Å². The molecule has 1 aromatic rings. The summed E-state index contributed by atoms with van der Waals surface area (Å²) >= 11 is 0. The summed E-state index contributed by atoms with van der Waals surface area (Å²) < 4.78 is 0. The van der Waals surface area contributed by atoms with Crippen molar-refractivity contribution in [2.45, 2.75) is 52.0 Å². The van der Waals surface area contributed by atoms with Gasteiger partial charge in [0, 0.05) is 19.3 Å². The van der Waals surface area contributed by atoms with Crippen molar-refractivity contribution in [2.24, 2.45) is 11.7 Å². The van der Waals surface area contributed by atoms with Crippen LogP contribution in [0.3, 0.4) is 0 Å². The SMILES string of the molecule is Cc1cc(CCN)cnc1N(C)C1CCCC(C)C1. The van der Waals surface area contributed by atoms with E-state index in [4.69, 9.17) is 5.73 Å². The maximum Gasteiger partial charge on any atom is 0.131 e. The fourth-order valence-corrected chi connectivity index (χ4v) is 3.23. The Morgan fingerprint density at radius 1 is 1.42 bits per heavy atom. The Morgan fingerprint density at radius 2 is 2.21 bits per heavy atom. The van der Waals surface area contributed by atoms with Crippen molar-refractivity contribution in [2.75, 3.05) is 18.5 Å². The van der Waals surface area contributed by atoms with Gasteiger partial charge >= 0.3 is 0 Å². The van der Waals surface area contributed by atoms with E-state index < -0.39 is 0 Å². The smallest absolute Gasteiger partial charge is 0.131 e. The van der Waals surface area contributed by atoms with E-state index in [1.807, 2.05) is 6.20 Å². The fourth-order valence-electron chi connectivity index (χ4n) is 3.23. The van der Waals surface area contributed by atoms with Crippen LogP contribution in [0.15, 0.2) is 12.3 Å². The molecule has 0 aliphatic heterocycles. The molecule has 1 aliphatic rings. The highest BCUT2D eigenvalue weighted by molar-refractivity contribution is 5.47. The minimum atomic E-state index is 0.648. The van der Waals surface area contributed by atoms with Gasteiger partial charge < -0.3 is 10.6 Å². The molecular weight excluding hydrogens is 234 g/mol. The lowest BCUT2D eigenvalue weighted by atomic mass is 9.86. The molecule has 0 amide bonds. The van der Waals surface area contributed by atoms with Gasteiger partial charge in [0.05, 0.1) is 0 Å². The van der Waals surface area contributed by atoms with Gasteiger partial charge in [-0.3, -0.25) is 0 Å². The summed E-state index contributed by atoms with van der Waals surface area (Å²) in [5.41, 5.74) is 8.12. The van der Waals surface area contributed by atoms with E-state index >= 15 is 0 Å². The molecule has 0 aromatic carbocycles. The number of aromatic nitrogens is 1. The Kier molecular flexibility index (Phi) is 4.81. The van der Waals surface area contributed by atoms with Gasteiger partial charge in [-0.05, 0) is 49.8 Å². The summed E-state index contributed by atoms with van der Waals surface area (Å²) in [6, 6.07) is 2.88. The van der Waals surface area contributed by atoms with Crippen LogP contribution in [0.4, 0.5) is 5.82 Å². The first-order chi connectivity index (χ1) is 9.11. The zero-order valence-electron chi connectivity index (χ0n) is 12.5. The molecule has 106 valence electrons. The highest BCUT2D eigenvalue weighted by atomic mass is 15.2. The van der Waals surface area contributed by atoms with Crippen molar-refractivity contribution in [1.82, 2.24) is 4.98 Å². The molecule has 0 radical (unpaired) electrons. The van der Waals surface area contributed by atoms with Gasteiger partial charge in [-0.15, -0.1) is 0 Å². The van der Waals surface area contributed by atoms with Gasteiger partial charge in [-0.2, -0.15) is 0 Å². The zero-order valence-corrected chi connectivity index (χ0v) is 12.5. The fraction of sp³-hybridized carbons (Fsp3) is 0.688. The van der Waals surface area contributed by atoms with E-state index in [1.54, 1.807) is 0 Å². The summed E-state index contributed by atoms with van der Waals surface area (Å²) in [7, 11) is 2.20. The Hall–Kier alpha value is -1.09. The number of rotatable bonds is 4. The molecular formula is C16H27N3. The summed E-state index contributed by atoms with van der Waals surface area (Å²) in [5.74, 6) is 1.98. The maximum absolute atomic E-state index is 5.60. The monoisotopic (exact) mass is 261 g/mol. The molecule has 0 bridgehead atoms. The molecule has 3 nitrogen and oxygen atoms in total. The average molecular weight is 261 g/mol. The van der Waals surface area contributed by atoms with Gasteiger partial charge in [-0.1, -0.05) is 25.8 Å². The van der Waals surface area contributed by atoms with Crippen LogP contribution >= 0.6 is 0 Å². The lowest BCUT2D eigenvalue weighted by molar-refractivity contribution is 0.335. The van der Waals surface area contributed by atoms with Crippen molar-refractivity contribution in [3.63, 3.8) is 0 Å². The number of hydrogen-bond acceptors (Lipinski definition) is 3. The molecule has 1 heterocycles. The van der Waals surface area contributed by atoms with Crippen LogP contribution < -0.4 is 10.6 Å². The maximum atomic E-state index is 5.60. The minimum Gasteiger partial charge on any atom is -0.356 e. The van der Waals surface area contributed by atoms with Gasteiger partial charge in [0.15, 0.2) is 0 Å². The second-order valence-electron chi connectivity index (χ2n) is 6.06. The third-order valence-corrected chi connectivity index (χ3v) is 4.33. The van der Waals surface area contributed by atoms with E-state index in [2.05, 4.69) is 36.8 Å². The summed E-state index contributed by atoms with van der Waals surface area (Å²) in [4.78, 5) is 7.05. The quantitative estimate of drug-likeness (QED) is 0.906. The van der Waals surface area contributed by atoms with E-state index in [0.717, 1.165) is 18.2 Å². The number of aryl methyl sites for hydroxylation is 1. The molecule has 19 heavy (non-hydrogen) atoms. The van der Waals surface area contributed by atoms with Crippen LogP contribution in [0, 0.1) is 12.8 Å². The number of pyridine rings is 1. The van der Waals surface area contributed by atoms with E-state index in [1.165, 1.54) is 36.8 Å². The first-order valence-electron chi connectivity index (χ1n) is 7.50. The summed E-state index contributed by atoms with van der Waals surface area (Å²) in [5, 5.41) is 0. The predicted octanol–water partition coefficient (Wildman–Crippen LogP) is 2.91. The highest BCUT2D eigenvalue weighted by Gasteiger charge is 2.23. The number of hydrogen-bond donors (Lipinski definition) is 1. The first kappa shape index (κ1) is 14.3. The van der Waals surface area contributed by atoms with Crippen LogP contribution in [-0.4, -0.2) is 24.6 Å². The Labute approximate surface area is 117 Å². The largest absolute Gasteiger partial charge is 0.356 e. The summed E-state index contributed by atoms with van der Waals surface area (Å²) in [6.07, 6.45) is 8.22. The molecule has 1 aliphatic carbocycles. The van der Waals surface area contributed by atoms with Crippen molar-refractivity contribution in [3.8, 4) is 0 Å². The molecule has 2 unspecified atom stereocenters. The van der Waals surface area contributed by atoms with E-state index in [0.29, 0.717) is 12.6 Å². The Bertz CT molecular complexity index is 416. The minimum absolute atomic E-state index is 0.648. The lowest BCUT2D eigenvalue weighted by Gasteiger charge is -2.35. The van der Waals surface area contributed by atoms with Crippen LogP contribution in [-0.2, 0) is 6.42 Å². The normalized spacial score (nSPS) is 23.4.